The molecule has 1 fully saturated rings. The van der Waals surface area contributed by atoms with Gasteiger partial charge >= 0.3 is 0 Å². The van der Waals surface area contributed by atoms with Gasteiger partial charge in [-0.2, -0.15) is 0 Å². The lowest BCUT2D eigenvalue weighted by Gasteiger charge is -2.31. The molecule has 0 radical (unpaired) electrons. The number of amides is 2. The average Bonchev–Trinajstić information content (AvgIpc) is 2.48. The van der Waals surface area contributed by atoms with E-state index in [9.17, 15) is 14.0 Å². The molecule has 1 aliphatic heterocycles. The third-order valence-corrected chi connectivity index (χ3v) is 4.34. The van der Waals surface area contributed by atoms with Crippen LogP contribution in [-0.2, 0) is 16.0 Å². The van der Waals surface area contributed by atoms with Crippen molar-refractivity contribution >= 4 is 11.8 Å². The predicted octanol–water partition coefficient (Wildman–Crippen LogP) is 1.46. The van der Waals surface area contributed by atoms with E-state index in [1.54, 1.807) is 6.07 Å². The first kappa shape index (κ1) is 18.4. The number of benzene rings is 1. The van der Waals surface area contributed by atoms with E-state index in [2.05, 4.69) is 5.32 Å². The van der Waals surface area contributed by atoms with Crippen LogP contribution in [0.2, 0.25) is 0 Å². The van der Waals surface area contributed by atoms with E-state index in [1.807, 2.05) is 17.9 Å². The first-order valence-electron chi connectivity index (χ1n) is 8.47. The second-order valence-corrected chi connectivity index (χ2v) is 6.73. The molecule has 6 heteroatoms. The van der Waals surface area contributed by atoms with Crippen LogP contribution in [-0.4, -0.2) is 42.4 Å². The highest BCUT2D eigenvalue weighted by atomic mass is 19.1. The van der Waals surface area contributed by atoms with E-state index in [0.717, 1.165) is 31.5 Å². The van der Waals surface area contributed by atoms with Crippen molar-refractivity contribution in [3.05, 3.63) is 35.6 Å². The van der Waals surface area contributed by atoms with Crippen molar-refractivity contribution in [3.8, 4) is 0 Å². The normalized spacial score (nSPS) is 17.4. The Kier molecular flexibility index (Phi) is 6.73. The average molecular weight is 335 g/mol. The van der Waals surface area contributed by atoms with Crippen LogP contribution in [0.5, 0.6) is 0 Å². The molecule has 0 saturated carbocycles. The van der Waals surface area contributed by atoms with E-state index in [0.29, 0.717) is 12.8 Å². The van der Waals surface area contributed by atoms with Crippen molar-refractivity contribution < 1.29 is 14.0 Å². The first-order chi connectivity index (χ1) is 11.4. The molecule has 0 aliphatic carbocycles. The molecule has 132 valence electrons. The molecule has 0 bridgehead atoms. The number of rotatable bonds is 7. The molecule has 24 heavy (non-hydrogen) atoms. The number of carbonyl (C=O) groups excluding carboxylic acids is 2. The van der Waals surface area contributed by atoms with Gasteiger partial charge in [0.25, 0.3) is 0 Å². The van der Waals surface area contributed by atoms with Gasteiger partial charge in [-0.15, -0.1) is 0 Å². The van der Waals surface area contributed by atoms with Gasteiger partial charge in [-0.05, 0) is 42.9 Å². The van der Waals surface area contributed by atoms with Crippen LogP contribution in [0.1, 0.15) is 31.7 Å². The van der Waals surface area contributed by atoms with Crippen LogP contribution in [0.4, 0.5) is 4.39 Å². The van der Waals surface area contributed by atoms with E-state index in [1.165, 1.54) is 12.1 Å². The van der Waals surface area contributed by atoms with E-state index in [-0.39, 0.29) is 36.1 Å². The second kappa shape index (κ2) is 8.78. The molecule has 0 aromatic heterocycles. The fourth-order valence-electron chi connectivity index (χ4n) is 3.20. The van der Waals surface area contributed by atoms with Crippen molar-refractivity contribution in [2.24, 2.45) is 11.7 Å². The van der Waals surface area contributed by atoms with Crippen molar-refractivity contribution in [3.63, 3.8) is 0 Å². The Bertz CT molecular complexity index is 571. The number of halogens is 1. The number of hydrogen-bond acceptors (Lipinski definition) is 3. The van der Waals surface area contributed by atoms with E-state index in [4.69, 9.17) is 5.73 Å². The zero-order chi connectivity index (χ0) is 17.5. The number of nitrogens with two attached hydrogens (primary N) is 1. The molecule has 1 atom stereocenters. The number of likely N-dealkylation sites (tertiary alicyclic amines) is 1. The van der Waals surface area contributed by atoms with Gasteiger partial charge in [0, 0.05) is 25.6 Å². The van der Waals surface area contributed by atoms with Gasteiger partial charge in [-0.1, -0.05) is 19.1 Å². The molecule has 2 rings (SSSR count). The molecule has 0 spiro atoms. The van der Waals surface area contributed by atoms with Crippen LogP contribution in [0.25, 0.3) is 0 Å². The van der Waals surface area contributed by atoms with Gasteiger partial charge in [0.15, 0.2) is 0 Å². The summed E-state index contributed by atoms with van der Waals surface area (Å²) >= 11 is 0. The summed E-state index contributed by atoms with van der Waals surface area (Å²) in [7, 11) is 0. The second-order valence-electron chi connectivity index (χ2n) is 6.73. The van der Waals surface area contributed by atoms with Crippen molar-refractivity contribution in [1.29, 1.82) is 0 Å². The SMILES string of the molecule is CC(CC(=O)NC1CCN(CC(N)=O)CC1)Cc1cccc(F)c1. The van der Waals surface area contributed by atoms with Crippen LogP contribution < -0.4 is 11.1 Å². The molecular weight excluding hydrogens is 309 g/mol. The predicted molar refractivity (Wildman–Crippen MR) is 90.7 cm³/mol. The number of nitrogens with zero attached hydrogens (tertiary/aromatic N) is 1. The minimum Gasteiger partial charge on any atom is -0.369 e. The lowest BCUT2D eigenvalue weighted by molar-refractivity contribution is -0.123. The Labute approximate surface area is 142 Å². The van der Waals surface area contributed by atoms with Gasteiger partial charge in [0.05, 0.1) is 6.54 Å². The Morgan fingerprint density at radius 2 is 2.08 bits per heavy atom. The number of hydrogen-bond donors (Lipinski definition) is 2. The molecule has 1 aliphatic rings. The zero-order valence-corrected chi connectivity index (χ0v) is 14.1. The van der Waals surface area contributed by atoms with Crippen LogP contribution in [0.3, 0.4) is 0 Å². The molecule has 1 unspecified atom stereocenters. The maximum Gasteiger partial charge on any atom is 0.231 e. The molecule has 2 amide bonds. The molecule has 1 aromatic carbocycles. The fraction of sp³-hybridized carbons (Fsp3) is 0.556. The summed E-state index contributed by atoms with van der Waals surface area (Å²) < 4.78 is 13.2. The van der Waals surface area contributed by atoms with Crippen molar-refractivity contribution in [2.75, 3.05) is 19.6 Å². The van der Waals surface area contributed by atoms with Crippen LogP contribution in [0, 0.1) is 11.7 Å². The number of nitrogens with one attached hydrogen (secondary N) is 1. The summed E-state index contributed by atoms with van der Waals surface area (Å²) in [6.45, 7) is 3.82. The maximum absolute atomic E-state index is 13.2. The molecule has 1 heterocycles. The third kappa shape index (κ3) is 6.28. The lowest BCUT2D eigenvalue weighted by atomic mass is 9.97. The quantitative estimate of drug-likeness (QED) is 0.792. The minimum atomic E-state index is -0.316. The molecule has 5 nitrogen and oxygen atoms in total. The Balaban J connectivity index is 1.70. The Morgan fingerprint density at radius 1 is 1.38 bits per heavy atom. The summed E-state index contributed by atoms with van der Waals surface area (Å²) in [6, 6.07) is 6.67. The topological polar surface area (TPSA) is 75.4 Å². The summed E-state index contributed by atoms with van der Waals surface area (Å²) in [6.07, 6.45) is 2.77. The fourth-order valence-corrected chi connectivity index (χ4v) is 3.20. The highest BCUT2D eigenvalue weighted by molar-refractivity contribution is 5.76. The van der Waals surface area contributed by atoms with Gasteiger partial charge in [0.1, 0.15) is 5.82 Å². The summed E-state index contributed by atoms with van der Waals surface area (Å²) in [5.41, 5.74) is 6.10. The number of piperidine rings is 1. The van der Waals surface area contributed by atoms with Gasteiger partial charge in [-0.3, -0.25) is 14.5 Å². The standard InChI is InChI=1S/C18H26FN3O2/c1-13(9-14-3-2-4-15(19)11-14)10-18(24)21-16-5-7-22(8-6-16)12-17(20)23/h2-4,11,13,16H,5-10,12H2,1H3,(H2,20,23)(H,21,24). The molecule has 1 saturated heterocycles. The highest BCUT2D eigenvalue weighted by Gasteiger charge is 2.22. The van der Waals surface area contributed by atoms with Crippen LogP contribution in [0.15, 0.2) is 24.3 Å². The van der Waals surface area contributed by atoms with E-state index < -0.39 is 0 Å². The van der Waals surface area contributed by atoms with Crippen molar-refractivity contribution in [2.45, 2.75) is 38.6 Å². The largest absolute Gasteiger partial charge is 0.369 e. The van der Waals surface area contributed by atoms with Crippen LogP contribution >= 0.6 is 0 Å². The number of primary amides is 1. The third-order valence-electron chi connectivity index (χ3n) is 4.34. The molecular formula is C18H26FN3O2. The van der Waals surface area contributed by atoms with E-state index >= 15 is 0 Å². The summed E-state index contributed by atoms with van der Waals surface area (Å²) in [4.78, 5) is 25.1. The Hall–Kier alpha value is -1.95. The smallest absolute Gasteiger partial charge is 0.231 e. The minimum absolute atomic E-state index is 0.0345. The first-order valence-corrected chi connectivity index (χ1v) is 8.47. The molecule has 1 aromatic rings. The number of carbonyl (C=O) groups is 2. The summed E-state index contributed by atoms with van der Waals surface area (Å²) in [5, 5.41) is 3.06. The monoisotopic (exact) mass is 335 g/mol. The Morgan fingerprint density at radius 3 is 2.71 bits per heavy atom. The lowest BCUT2D eigenvalue weighted by Crippen LogP contribution is -2.46. The zero-order valence-electron chi connectivity index (χ0n) is 14.1. The van der Waals surface area contributed by atoms with Gasteiger partial charge in [0.2, 0.25) is 11.8 Å². The maximum atomic E-state index is 13.2. The summed E-state index contributed by atoms with van der Waals surface area (Å²) in [5.74, 6) is -0.371. The van der Waals surface area contributed by atoms with Gasteiger partial charge < -0.3 is 11.1 Å². The van der Waals surface area contributed by atoms with Crippen molar-refractivity contribution in [1.82, 2.24) is 10.2 Å². The van der Waals surface area contributed by atoms with Gasteiger partial charge in [-0.25, -0.2) is 4.39 Å². The molecule has 3 N–H and O–H groups in total. The highest BCUT2D eigenvalue weighted by Crippen LogP contribution is 2.14.